The molecule has 0 bridgehead atoms. The Morgan fingerprint density at radius 1 is 0.863 bits per heavy atom. The number of nitrogens with one attached hydrogen (secondary N) is 4. The van der Waals surface area contributed by atoms with Gasteiger partial charge in [0.15, 0.2) is 0 Å². The highest BCUT2D eigenvalue weighted by atomic mass is 35.5. The maximum atomic E-state index is 13.1. The first-order chi connectivity index (χ1) is 24.8. The van der Waals surface area contributed by atoms with Crippen molar-refractivity contribution in [1.29, 1.82) is 0 Å². The van der Waals surface area contributed by atoms with Gasteiger partial charge in [-0.1, -0.05) is 53.5 Å². The first-order valence-electron chi connectivity index (χ1n) is 17.2. The van der Waals surface area contributed by atoms with E-state index < -0.39 is 0 Å². The molecule has 13 heteroatoms. The van der Waals surface area contributed by atoms with E-state index in [1.807, 2.05) is 53.4 Å². The van der Waals surface area contributed by atoms with E-state index in [9.17, 15) is 14.4 Å². The van der Waals surface area contributed by atoms with Gasteiger partial charge in [-0.2, -0.15) is 0 Å². The van der Waals surface area contributed by atoms with Gasteiger partial charge in [0, 0.05) is 104 Å². The lowest BCUT2D eigenvalue weighted by atomic mass is 9.98. The Morgan fingerprint density at radius 2 is 1.59 bits per heavy atom. The molecule has 0 radical (unpaired) electrons. The van der Waals surface area contributed by atoms with Crippen molar-refractivity contribution >= 4 is 40.9 Å². The zero-order valence-electron chi connectivity index (χ0n) is 28.2. The molecule has 2 aromatic heterocycles. The fourth-order valence-electron chi connectivity index (χ4n) is 6.96. The molecule has 4 N–H and O–H groups in total. The van der Waals surface area contributed by atoms with E-state index in [1.165, 1.54) is 0 Å². The van der Waals surface area contributed by atoms with Gasteiger partial charge in [-0.25, -0.2) is 0 Å². The molecule has 0 spiro atoms. The first-order valence-corrected chi connectivity index (χ1v) is 17.9. The Hall–Kier alpha value is -4.55. The summed E-state index contributed by atoms with van der Waals surface area (Å²) in [6.07, 6.45) is 6.15. The number of ether oxygens (including phenoxy) is 1. The molecular weight excluding hydrogens is 689 g/mol. The SMILES string of the molecule is COc1cc(-c2nccc(-c3cccc(-c4cc5c(cn4)C(=O)N(CCNC[C@H]4CCC(=O)N4)C5)c3Cl)c2Cl)ccc1CNC[C@@H]1CCC(=O)N1. The predicted octanol–water partition coefficient (Wildman–Crippen LogP) is 4.99. The molecule has 2 saturated heterocycles. The normalized spacial score (nSPS) is 18.3. The molecule has 3 aliphatic rings. The van der Waals surface area contributed by atoms with E-state index in [-0.39, 0.29) is 29.8 Å². The lowest BCUT2D eigenvalue weighted by Crippen LogP contribution is -2.39. The second-order valence-electron chi connectivity index (χ2n) is 13.1. The molecule has 2 fully saturated rings. The smallest absolute Gasteiger partial charge is 0.256 e. The molecule has 7 rings (SSSR count). The van der Waals surface area contributed by atoms with Crippen LogP contribution in [0.4, 0.5) is 0 Å². The topological polar surface area (TPSA) is 138 Å². The summed E-state index contributed by atoms with van der Waals surface area (Å²) in [6.45, 7) is 3.62. The van der Waals surface area contributed by atoms with E-state index in [0.717, 1.165) is 46.2 Å². The van der Waals surface area contributed by atoms with Gasteiger partial charge in [0.1, 0.15) is 5.75 Å². The lowest BCUT2D eigenvalue weighted by molar-refractivity contribution is -0.120. The molecule has 3 amide bonds. The largest absolute Gasteiger partial charge is 0.496 e. The summed E-state index contributed by atoms with van der Waals surface area (Å²) in [5.41, 5.74) is 6.72. The maximum absolute atomic E-state index is 13.1. The molecule has 0 saturated carbocycles. The predicted molar refractivity (Wildman–Crippen MR) is 197 cm³/mol. The van der Waals surface area contributed by atoms with E-state index >= 15 is 0 Å². The van der Waals surface area contributed by atoms with Gasteiger partial charge in [0.25, 0.3) is 5.91 Å². The zero-order valence-corrected chi connectivity index (χ0v) is 29.7. The van der Waals surface area contributed by atoms with Gasteiger partial charge < -0.3 is 30.9 Å². The third-order valence-electron chi connectivity index (χ3n) is 9.71. The Balaban J connectivity index is 1.05. The summed E-state index contributed by atoms with van der Waals surface area (Å²) in [4.78, 5) is 47.2. The van der Waals surface area contributed by atoms with Crippen LogP contribution >= 0.6 is 23.2 Å². The van der Waals surface area contributed by atoms with Crippen molar-refractivity contribution < 1.29 is 19.1 Å². The maximum Gasteiger partial charge on any atom is 0.256 e. The minimum atomic E-state index is -0.0454. The summed E-state index contributed by atoms with van der Waals surface area (Å²) in [6, 6.07) is 15.7. The van der Waals surface area contributed by atoms with Gasteiger partial charge in [-0.3, -0.25) is 24.4 Å². The van der Waals surface area contributed by atoms with Gasteiger partial charge >= 0.3 is 0 Å². The number of hydrogen-bond acceptors (Lipinski definition) is 8. The summed E-state index contributed by atoms with van der Waals surface area (Å²) in [5, 5.41) is 13.6. The number of fused-ring (bicyclic) bond motifs is 1. The fourth-order valence-corrected chi connectivity index (χ4v) is 7.60. The summed E-state index contributed by atoms with van der Waals surface area (Å²) < 4.78 is 5.73. The highest BCUT2D eigenvalue weighted by Crippen LogP contribution is 2.42. The van der Waals surface area contributed by atoms with Gasteiger partial charge in [-0.05, 0) is 36.6 Å². The summed E-state index contributed by atoms with van der Waals surface area (Å²) in [5.74, 6) is 0.849. The van der Waals surface area contributed by atoms with Gasteiger partial charge in [0.05, 0.1) is 34.1 Å². The van der Waals surface area contributed by atoms with E-state index in [4.69, 9.17) is 27.9 Å². The van der Waals surface area contributed by atoms with Crippen molar-refractivity contribution in [3.05, 3.63) is 87.7 Å². The van der Waals surface area contributed by atoms with Crippen molar-refractivity contribution in [3.8, 4) is 39.4 Å². The summed E-state index contributed by atoms with van der Waals surface area (Å²) >= 11 is 14.2. The molecule has 0 unspecified atom stereocenters. The van der Waals surface area contributed by atoms with Crippen LogP contribution < -0.4 is 26.0 Å². The van der Waals surface area contributed by atoms with Crippen molar-refractivity contribution in [2.45, 2.75) is 50.9 Å². The molecule has 2 atom stereocenters. The van der Waals surface area contributed by atoms with Crippen LogP contribution in [0.5, 0.6) is 5.75 Å². The molecule has 4 aromatic rings. The number of pyridine rings is 2. The molecule has 3 aliphatic heterocycles. The third kappa shape index (κ3) is 7.57. The first kappa shape index (κ1) is 34.9. The number of aromatic nitrogens is 2. The number of rotatable bonds is 13. The van der Waals surface area contributed by atoms with Crippen LogP contribution in [-0.2, 0) is 22.7 Å². The number of carbonyl (C=O) groups is 3. The lowest BCUT2D eigenvalue weighted by Gasteiger charge is -2.17. The molecule has 2 aromatic carbocycles. The highest BCUT2D eigenvalue weighted by molar-refractivity contribution is 6.39. The van der Waals surface area contributed by atoms with Crippen molar-refractivity contribution in [3.63, 3.8) is 0 Å². The molecule has 264 valence electrons. The minimum absolute atomic E-state index is 0.0454. The standard InChI is InChI=1S/C38H39Cl2N7O4/c1-51-32-16-22(5-6-23(32)17-42-19-26-8-10-34(49)46-26)37-36(40)28(11-12-43-37)27-3-2-4-29(35(27)39)31-15-24-21-47(38(50)30(24)20-44-31)14-13-41-18-25-7-9-33(48)45-25/h2-6,11-12,15-16,20,25-26,41-42H,7-10,13-14,17-19,21H2,1H3,(H,45,48)(H,46,49)/t25-,26+/m1/s1. The van der Waals surface area contributed by atoms with Gasteiger partial charge in [-0.15, -0.1) is 0 Å². The fraction of sp³-hybridized carbons (Fsp3) is 0.342. The average molecular weight is 729 g/mol. The Bertz CT molecular complexity index is 1990. The molecule has 11 nitrogen and oxygen atoms in total. The van der Waals surface area contributed by atoms with Crippen LogP contribution in [0, 0.1) is 0 Å². The van der Waals surface area contributed by atoms with E-state index in [0.29, 0.717) is 84.9 Å². The Morgan fingerprint density at radius 3 is 2.31 bits per heavy atom. The van der Waals surface area contributed by atoms with Crippen LogP contribution in [-0.4, -0.2) is 78.0 Å². The number of methoxy groups -OCH3 is 1. The second kappa shape index (κ2) is 15.4. The number of hydrogen-bond donors (Lipinski definition) is 4. The van der Waals surface area contributed by atoms with E-state index in [2.05, 4.69) is 31.2 Å². The number of benzene rings is 2. The minimum Gasteiger partial charge on any atom is -0.496 e. The van der Waals surface area contributed by atoms with Crippen LogP contribution in [0.3, 0.4) is 0 Å². The third-order valence-corrected chi connectivity index (χ3v) is 10.5. The van der Waals surface area contributed by atoms with Crippen LogP contribution in [0.25, 0.3) is 33.6 Å². The molecule has 51 heavy (non-hydrogen) atoms. The van der Waals surface area contributed by atoms with Crippen molar-refractivity contribution in [2.75, 3.05) is 33.3 Å². The number of nitrogens with zero attached hydrogens (tertiary/aromatic N) is 3. The summed E-state index contributed by atoms with van der Waals surface area (Å²) in [7, 11) is 1.63. The molecular formula is C38H39Cl2N7O4. The second-order valence-corrected chi connectivity index (χ2v) is 13.9. The monoisotopic (exact) mass is 727 g/mol. The zero-order chi connectivity index (χ0) is 35.5. The van der Waals surface area contributed by atoms with Crippen LogP contribution in [0.1, 0.15) is 47.2 Å². The van der Waals surface area contributed by atoms with Crippen LogP contribution in [0.15, 0.2) is 60.9 Å². The number of amides is 3. The molecule has 0 aliphatic carbocycles. The van der Waals surface area contributed by atoms with Crippen molar-refractivity contribution in [2.24, 2.45) is 0 Å². The number of carbonyl (C=O) groups excluding carboxylic acids is 3. The number of halogens is 2. The van der Waals surface area contributed by atoms with Gasteiger partial charge in [0.2, 0.25) is 11.8 Å². The van der Waals surface area contributed by atoms with Crippen molar-refractivity contribution in [1.82, 2.24) is 36.1 Å². The molecule has 5 heterocycles. The quantitative estimate of drug-likeness (QED) is 0.142. The Kier molecular flexibility index (Phi) is 10.5. The Labute approximate surface area is 306 Å². The van der Waals surface area contributed by atoms with Crippen LogP contribution in [0.2, 0.25) is 10.0 Å². The highest BCUT2D eigenvalue weighted by Gasteiger charge is 2.29. The average Bonchev–Trinajstić information content (AvgIpc) is 3.84. The van der Waals surface area contributed by atoms with E-state index in [1.54, 1.807) is 19.5 Å².